The van der Waals surface area contributed by atoms with Crippen LogP contribution in [0.2, 0.25) is 0 Å². The highest BCUT2D eigenvalue weighted by Gasteiger charge is 2.20. The van der Waals surface area contributed by atoms with Gasteiger partial charge in [0.1, 0.15) is 4.83 Å². The van der Waals surface area contributed by atoms with Gasteiger partial charge >= 0.3 is 0 Å². The number of aromatic nitrogens is 2. The molecule has 3 rings (SSSR count). The van der Waals surface area contributed by atoms with Gasteiger partial charge in [0.25, 0.3) is 5.56 Å². The summed E-state index contributed by atoms with van der Waals surface area (Å²) in [6.45, 7) is 6.67. The molecule has 1 aliphatic rings. The second-order valence-corrected chi connectivity index (χ2v) is 6.56. The predicted octanol–water partition coefficient (Wildman–Crippen LogP) is 2.07. The second-order valence-electron chi connectivity index (χ2n) is 5.35. The summed E-state index contributed by atoms with van der Waals surface area (Å²) in [5, 5.41) is 4.20. The van der Waals surface area contributed by atoms with Gasteiger partial charge in [0, 0.05) is 18.0 Å². The largest absolute Gasteiger partial charge is 0.315 e. The van der Waals surface area contributed by atoms with Gasteiger partial charge in [-0.2, -0.15) is 0 Å². The molecular formula is C14H19N3OS. The molecule has 4 nitrogen and oxygen atoms in total. The average molecular weight is 277 g/mol. The van der Waals surface area contributed by atoms with Crippen LogP contribution in [0.5, 0.6) is 0 Å². The first kappa shape index (κ1) is 12.8. The Kier molecular flexibility index (Phi) is 3.41. The fourth-order valence-electron chi connectivity index (χ4n) is 2.26. The first-order chi connectivity index (χ1) is 9.16. The zero-order valence-electron chi connectivity index (χ0n) is 11.4. The molecule has 0 amide bonds. The third-order valence-electron chi connectivity index (χ3n) is 3.82. The van der Waals surface area contributed by atoms with Crippen LogP contribution in [-0.2, 0) is 6.54 Å². The monoisotopic (exact) mass is 277 g/mol. The molecule has 1 N–H and O–H groups in total. The van der Waals surface area contributed by atoms with Crippen LogP contribution in [0.4, 0.5) is 0 Å². The van der Waals surface area contributed by atoms with Crippen LogP contribution < -0.4 is 10.9 Å². The van der Waals surface area contributed by atoms with E-state index in [1.165, 1.54) is 17.7 Å². The zero-order valence-corrected chi connectivity index (χ0v) is 12.2. The molecule has 1 aliphatic carbocycles. The maximum absolute atomic E-state index is 12.4. The first-order valence-corrected chi connectivity index (χ1v) is 7.64. The van der Waals surface area contributed by atoms with E-state index in [1.54, 1.807) is 22.2 Å². The van der Waals surface area contributed by atoms with E-state index >= 15 is 0 Å². The molecule has 2 heterocycles. The Balaban J connectivity index is 1.77. The first-order valence-electron chi connectivity index (χ1n) is 6.82. The van der Waals surface area contributed by atoms with E-state index in [2.05, 4.69) is 10.3 Å². The van der Waals surface area contributed by atoms with Crippen molar-refractivity contribution in [3.8, 4) is 0 Å². The van der Waals surface area contributed by atoms with Crippen LogP contribution in [0.1, 0.15) is 23.3 Å². The van der Waals surface area contributed by atoms with Crippen molar-refractivity contribution in [3.05, 3.63) is 27.1 Å². The third-order valence-corrected chi connectivity index (χ3v) is 4.93. The van der Waals surface area contributed by atoms with Gasteiger partial charge < -0.3 is 5.32 Å². The highest BCUT2D eigenvalue weighted by Crippen LogP contribution is 2.27. The molecule has 5 heteroatoms. The Hall–Kier alpha value is -1.20. The molecule has 2 aromatic heterocycles. The van der Waals surface area contributed by atoms with Crippen molar-refractivity contribution in [2.24, 2.45) is 5.92 Å². The molecule has 0 atom stereocenters. The van der Waals surface area contributed by atoms with Gasteiger partial charge in [-0.25, -0.2) is 4.98 Å². The van der Waals surface area contributed by atoms with E-state index in [-0.39, 0.29) is 5.56 Å². The van der Waals surface area contributed by atoms with Gasteiger partial charge in [-0.1, -0.05) is 0 Å². The normalized spacial score (nSPS) is 15.3. The van der Waals surface area contributed by atoms with Crippen LogP contribution in [0.25, 0.3) is 10.2 Å². The fraction of sp³-hybridized carbons (Fsp3) is 0.571. The summed E-state index contributed by atoms with van der Waals surface area (Å²) in [5.74, 6) is 0.874. The molecule has 0 unspecified atom stereocenters. The molecule has 0 spiro atoms. The summed E-state index contributed by atoms with van der Waals surface area (Å²) in [4.78, 5) is 18.9. The molecule has 0 bridgehead atoms. The van der Waals surface area contributed by atoms with Crippen LogP contribution in [-0.4, -0.2) is 22.6 Å². The zero-order chi connectivity index (χ0) is 13.4. The van der Waals surface area contributed by atoms with Crippen molar-refractivity contribution in [3.63, 3.8) is 0 Å². The highest BCUT2D eigenvalue weighted by atomic mass is 32.1. The van der Waals surface area contributed by atoms with Gasteiger partial charge in [0.2, 0.25) is 0 Å². The van der Waals surface area contributed by atoms with Crippen molar-refractivity contribution in [1.29, 1.82) is 0 Å². The Labute approximate surface area is 116 Å². The summed E-state index contributed by atoms with van der Waals surface area (Å²) in [6, 6.07) is 0. The van der Waals surface area contributed by atoms with Crippen molar-refractivity contribution >= 4 is 21.6 Å². The summed E-state index contributed by atoms with van der Waals surface area (Å²) >= 11 is 1.60. The van der Waals surface area contributed by atoms with E-state index < -0.39 is 0 Å². The minimum absolute atomic E-state index is 0.0973. The maximum atomic E-state index is 12.4. The number of thiophene rings is 1. The number of hydrogen-bond donors (Lipinski definition) is 1. The summed E-state index contributed by atoms with van der Waals surface area (Å²) in [7, 11) is 0. The molecule has 1 saturated carbocycles. The van der Waals surface area contributed by atoms with Gasteiger partial charge in [-0.15, -0.1) is 11.3 Å². The molecule has 1 fully saturated rings. The van der Waals surface area contributed by atoms with E-state index in [4.69, 9.17) is 0 Å². The van der Waals surface area contributed by atoms with Crippen LogP contribution >= 0.6 is 11.3 Å². The van der Waals surface area contributed by atoms with Gasteiger partial charge in [0.15, 0.2) is 0 Å². The van der Waals surface area contributed by atoms with Crippen molar-refractivity contribution in [2.45, 2.75) is 33.2 Å². The van der Waals surface area contributed by atoms with Crippen LogP contribution in [0.3, 0.4) is 0 Å². The van der Waals surface area contributed by atoms with E-state index in [0.717, 1.165) is 34.8 Å². The number of rotatable bonds is 5. The van der Waals surface area contributed by atoms with E-state index in [9.17, 15) is 4.79 Å². The van der Waals surface area contributed by atoms with Gasteiger partial charge in [-0.3, -0.25) is 9.36 Å². The summed E-state index contributed by atoms with van der Waals surface area (Å²) in [5.41, 5.74) is 1.18. The molecule has 2 aromatic rings. The van der Waals surface area contributed by atoms with Crippen molar-refractivity contribution in [1.82, 2.24) is 14.9 Å². The SMILES string of the molecule is Cc1sc2ncn(CCNCC3CC3)c(=O)c2c1C. The van der Waals surface area contributed by atoms with E-state index in [0.29, 0.717) is 6.54 Å². The smallest absolute Gasteiger partial charge is 0.262 e. The number of nitrogens with one attached hydrogen (secondary N) is 1. The Morgan fingerprint density at radius 3 is 3.00 bits per heavy atom. The molecule has 102 valence electrons. The maximum Gasteiger partial charge on any atom is 0.262 e. The Morgan fingerprint density at radius 2 is 2.26 bits per heavy atom. The van der Waals surface area contributed by atoms with Crippen molar-refractivity contribution in [2.75, 3.05) is 13.1 Å². The Morgan fingerprint density at radius 1 is 1.47 bits per heavy atom. The lowest BCUT2D eigenvalue weighted by Gasteiger charge is -2.06. The average Bonchev–Trinajstić information content (AvgIpc) is 3.15. The lowest BCUT2D eigenvalue weighted by molar-refractivity contribution is 0.564. The standard InChI is InChI=1S/C14H19N3OS/c1-9-10(2)19-13-12(9)14(18)17(8-16-13)6-5-15-7-11-3-4-11/h8,11,15H,3-7H2,1-2H3. The fourth-order valence-corrected chi connectivity index (χ4v) is 3.24. The Bertz CT molecular complexity index is 654. The van der Waals surface area contributed by atoms with E-state index in [1.807, 2.05) is 13.8 Å². The van der Waals surface area contributed by atoms with Crippen LogP contribution in [0.15, 0.2) is 11.1 Å². The lowest BCUT2D eigenvalue weighted by Crippen LogP contribution is -2.28. The van der Waals surface area contributed by atoms with Crippen molar-refractivity contribution < 1.29 is 0 Å². The lowest BCUT2D eigenvalue weighted by atomic mass is 10.2. The minimum atomic E-state index is 0.0973. The third kappa shape index (κ3) is 2.58. The number of fused-ring (bicyclic) bond motifs is 1. The minimum Gasteiger partial charge on any atom is -0.315 e. The molecule has 19 heavy (non-hydrogen) atoms. The summed E-state index contributed by atoms with van der Waals surface area (Å²) in [6.07, 6.45) is 4.39. The predicted molar refractivity (Wildman–Crippen MR) is 78.9 cm³/mol. The molecule has 0 aromatic carbocycles. The molecular weight excluding hydrogens is 258 g/mol. The van der Waals surface area contributed by atoms with Crippen LogP contribution in [0, 0.1) is 19.8 Å². The number of hydrogen-bond acceptors (Lipinski definition) is 4. The van der Waals surface area contributed by atoms with Gasteiger partial charge in [0.05, 0.1) is 11.7 Å². The van der Waals surface area contributed by atoms with Gasteiger partial charge in [-0.05, 0) is 44.7 Å². The summed E-state index contributed by atoms with van der Waals surface area (Å²) < 4.78 is 1.72. The quantitative estimate of drug-likeness (QED) is 0.851. The topological polar surface area (TPSA) is 46.9 Å². The molecule has 0 radical (unpaired) electrons. The molecule has 0 saturated heterocycles. The highest BCUT2D eigenvalue weighted by molar-refractivity contribution is 7.18. The number of aryl methyl sites for hydroxylation is 2. The molecule has 0 aliphatic heterocycles. The number of nitrogens with zero attached hydrogens (tertiary/aromatic N) is 2. The second kappa shape index (κ2) is 5.06.